The van der Waals surface area contributed by atoms with E-state index >= 15 is 0 Å². The number of aliphatic hydroxyl groups excluding tert-OH is 1. The Hall–Kier alpha value is -1.11. The molecule has 130 valence electrons. The predicted molar refractivity (Wildman–Crippen MR) is 91.9 cm³/mol. The number of rotatable bonds is 1. The van der Waals surface area contributed by atoms with Crippen molar-refractivity contribution in [1.82, 2.24) is 0 Å². The van der Waals surface area contributed by atoms with Gasteiger partial charge in [-0.2, -0.15) is 0 Å². The van der Waals surface area contributed by atoms with Gasteiger partial charge in [0, 0.05) is 11.8 Å². The lowest BCUT2D eigenvalue weighted by molar-refractivity contribution is -0.125. The Kier molecular flexibility index (Phi) is 3.71. The van der Waals surface area contributed by atoms with Gasteiger partial charge in [0.2, 0.25) is 0 Å². The van der Waals surface area contributed by atoms with Crippen LogP contribution in [0.15, 0.2) is 11.6 Å². The molecule has 0 radical (unpaired) electrons. The Morgan fingerprint density at radius 3 is 2.79 bits per heavy atom. The minimum absolute atomic E-state index is 0.288. The Balaban J connectivity index is 1.70. The molecule has 3 heteroatoms. The number of terminal acetylenes is 1. The summed E-state index contributed by atoms with van der Waals surface area (Å²) in [7, 11) is 0. The number of hydrogen-bond acceptors (Lipinski definition) is 3. The highest BCUT2D eigenvalue weighted by molar-refractivity contribution is 5.91. The SMILES string of the molecule is C#CC1(O)C(O)CC2C3CCC4=CC(=O)CCC4C3CCC21CC. The molecule has 0 saturated heterocycles. The molecule has 0 aromatic rings. The van der Waals surface area contributed by atoms with Crippen molar-refractivity contribution in [2.75, 3.05) is 0 Å². The van der Waals surface area contributed by atoms with Crippen molar-refractivity contribution in [3.63, 3.8) is 0 Å². The number of allylic oxidation sites excluding steroid dienone is 1. The molecule has 7 atom stereocenters. The zero-order valence-corrected chi connectivity index (χ0v) is 14.5. The summed E-state index contributed by atoms with van der Waals surface area (Å²) in [5, 5.41) is 21.7. The van der Waals surface area contributed by atoms with Crippen molar-refractivity contribution >= 4 is 5.78 Å². The van der Waals surface area contributed by atoms with E-state index in [-0.39, 0.29) is 11.2 Å². The van der Waals surface area contributed by atoms with E-state index in [1.54, 1.807) is 0 Å². The molecule has 3 saturated carbocycles. The highest BCUT2D eigenvalue weighted by atomic mass is 16.3. The molecule has 7 unspecified atom stereocenters. The van der Waals surface area contributed by atoms with Crippen molar-refractivity contribution in [3.8, 4) is 12.3 Å². The molecular weight excluding hydrogens is 300 g/mol. The summed E-state index contributed by atoms with van der Waals surface area (Å²) < 4.78 is 0. The molecule has 4 aliphatic rings. The van der Waals surface area contributed by atoms with Crippen LogP contribution in [0.4, 0.5) is 0 Å². The van der Waals surface area contributed by atoms with E-state index in [4.69, 9.17) is 6.42 Å². The summed E-state index contributed by atoms with van der Waals surface area (Å²) in [5.41, 5.74) is -0.355. The third kappa shape index (κ3) is 1.90. The van der Waals surface area contributed by atoms with Crippen LogP contribution in [-0.4, -0.2) is 27.7 Å². The van der Waals surface area contributed by atoms with Crippen LogP contribution in [0.2, 0.25) is 0 Å². The summed E-state index contributed by atoms with van der Waals surface area (Å²) in [6.07, 6.45) is 13.9. The van der Waals surface area contributed by atoms with E-state index in [1.807, 2.05) is 6.08 Å². The third-order valence-electron chi connectivity index (χ3n) is 8.08. The van der Waals surface area contributed by atoms with E-state index in [1.165, 1.54) is 5.57 Å². The Bertz CT molecular complexity index is 629. The number of aliphatic hydroxyl groups is 2. The fourth-order valence-electron chi connectivity index (χ4n) is 6.96. The predicted octanol–water partition coefficient (Wildman–Crippen LogP) is 2.85. The first-order valence-electron chi connectivity index (χ1n) is 9.58. The molecule has 24 heavy (non-hydrogen) atoms. The minimum atomic E-state index is -1.38. The second-order valence-electron chi connectivity index (χ2n) is 8.51. The standard InChI is InChI=1S/C21H28O3/c1-3-20-10-9-16-15-8-6-14(22)11-13(15)5-7-17(16)18(20)12-19(23)21(20,24)4-2/h2,11,15-19,23-24H,3,5-10,12H2,1H3. The molecule has 0 spiro atoms. The van der Waals surface area contributed by atoms with E-state index in [2.05, 4.69) is 12.8 Å². The zero-order chi connectivity index (χ0) is 17.1. The van der Waals surface area contributed by atoms with Crippen LogP contribution in [0.25, 0.3) is 0 Å². The van der Waals surface area contributed by atoms with E-state index in [0.717, 1.165) is 38.5 Å². The number of ketones is 1. The number of carbonyl (C=O) groups is 1. The Labute approximate surface area is 144 Å². The molecule has 4 rings (SSSR count). The molecule has 4 aliphatic carbocycles. The van der Waals surface area contributed by atoms with Crippen LogP contribution in [0, 0.1) is 41.4 Å². The molecule has 0 bridgehead atoms. The van der Waals surface area contributed by atoms with Crippen LogP contribution in [-0.2, 0) is 4.79 Å². The zero-order valence-electron chi connectivity index (χ0n) is 14.5. The second-order valence-corrected chi connectivity index (χ2v) is 8.51. The van der Waals surface area contributed by atoms with Gasteiger partial charge >= 0.3 is 0 Å². The molecule has 0 heterocycles. The molecule has 0 amide bonds. The van der Waals surface area contributed by atoms with Crippen LogP contribution >= 0.6 is 0 Å². The lowest BCUT2D eigenvalue weighted by Gasteiger charge is -2.55. The fourth-order valence-corrected chi connectivity index (χ4v) is 6.96. The first kappa shape index (κ1) is 16.4. The summed E-state index contributed by atoms with van der Waals surface area (Å²) in [6.45, 7) is 2.11. The summed E-state index contributed by atoms with van der Waals surface area (Å²) in [6, 6.07) is 0. The maximum absolute atomic E-state index is 11.8. The van der Waals surface area contributed by atoms with Gasteiger partial charge in [-0.15, -0.1) is 6.42 Å². The van der Waals surface area contributed by atoms with Crippen LogP contribution in [0.3, 0.4) is 0 Å². The highest BCUT2D eigenvalue weighted by Gasteiger charge is 2.67. The minimum Gasteiger partial charge on any atom is -0.389 e. The van der Waals surface area contributed by atoms with Gasteiger partial charge in [-0.3, -0.25) is 4.79 Å². The molecular formula is C21H28O3. The van der Waals surface area contributed by atoms with Gasteiger partial charge in [0.05, 0.1) is 6.10 Å². The molecule has 0 aromatic carbocycles. The maximum Gasteiger partial charge on any atom is 0.156 e. The molecule has 0 aliphatic heterocycles. The van der Waals surface area contributed by atoms with Gasteiger partial charge in [-0.1, -0.05) is 18.4 Å². The topological polar surface area (TPSA) is 57.5 Å². The first-order valence-corrected chi connectivity index (χ1v) is 9.58. The Morgan fingerprint density at radius 2 is 2.08 bits per heavy atom. The van der Waals surface area contributed by atoms with Gasteiger partial charge in [0.25, 0.3) is 0 Å². The van der Waals surface area contributed by atoms with E-state index in [9.17, 15) is 15.0 Å². The van der Waals surface area contributed by atoms with Gasteiger partial charge in [-0.05, 0) is 74.7 Å². The maximum atomic E-state index is 11.8. The lowest BCUT2D eigenvalue weighted by atomic mass is 9.49. The Morgan fingerprint density at radius 1 is 1.29 bits per heavy atom. The quantitative estimate of drug-likeness (QED) is 0.728. The van der Waals surface area contributed by atoms with Gasteiger partial charge in [0.15, 0.2) is 11.4 Å². The lowest BCUT2D eigenvalue weighted by Crippen LogP contribution is -2.55. The van der Waals surface area contributed by atoms with Crippen LogP contribution in [0.1, 0.15) is 58.3 Å². The monoisotopic (exact) mass is 328 g/mol. The fraction of sp³-hybridized carbons (Fsp3) is 0.762. The normalized spacial score (nSPS) is 50.3. The third-order valence-corrected chi connectivity index (χ3v) is 8.08. The van der Waals surface area contributed by atoms with E-state index < -0.39 is 11.7 Å². The first-order chi connectivity index (χ1) is 11.5. The average Bonchev–Trinajstić information content (AvgIpc) is 2.83. The summed E-state index contributed by atoms with van der Waals surface area (Å²) in [4.78, 5) is 11.8. The van der Waals surface area contributed by atoms with Crippen molar-refractivity contribution in [3.05, 3.63) is 11.6 Å². The molecule has 3 nitrogen and oxygen atoms in total. The molecule has 0 aromatic heterocycles. The van der Waals surface area contributed by atoms with E-state index in [0.29, 0.717) is 36.5 Å². The van der Waals surface area contributed by atoms with Crippen molar-refractivity contribution in [1.29, 1.82) is 0 Å². The average molecular weight is 328 g/mol. The summed E-state index contributed by atoms with van der Waals surface area (Å²) in [5.74, 6) is 4.83. The number of fused-ring (bicyclic) bond motifs is 5. The van der Waals surface area contributed by atoms with Crippen LogP contribution < -0.4 is 0 Å². The largest absolute Gasteiger partial charge is 0.389 e. The number of carbonyl (C=O) groups excluding carboxylic acids is 1. The van der Waals surface area contributed by atoms with Gasteiger partial charge in [-0.25, -0.2) is 0 Å². The molecule has 2 N–H and O–H groups in total. The summed E-state index contributed by atoms with van der Waals surface area (Å²) >= 11 is 0. The van der Waals surface area contributed by atoms with Crippen LogP contribution in [0.5, 0.6) is 0 Å². The van der Waals surface area contributed by atoms with Crippen molar-refractivity contribution in [2.45, 2.75) is 70.0 Å². The number of hydrogen-bond donors (Lipinski definition) is 2. The second kappa shape index (κ2) is 5.44. The highest BCUT2D eigenvalue weighted by Crippen LogP contribution is 2.66. The smallest absolute Gasteiger partial charge is 0.156 e. The molecule has 3 fully saturated rings. The van der Waals surface area contributed by atoms with Gasteiger partial charge < -0.3 is 10.2 Å². The van der Waals surface area contributed by atoms with Crippen molar-refractivity contribution in [2.24, 2.45) is 29.1 Å². The van der Waals surface area contributed by atoms with Crippen molar-refractivity contribution < 1.29 is 15.0 Å². The van der Waals surface area contributed by atoms with Gasteiger partial charge in [0.1, 0.15) is 0 Å².